The summed E-state index contributed by atoms with van der Waals surface area (Å²) in [5.41, 5.74) is 0.534. The fraction of sp³-hybridized carbons (Fsp3) is 0.417. The van der Waals surface area contributed by atoms with Gasteiger partial charge in [-0.1, -0.05) is 6.07 Å². The number of amides is 1. The minimum atomic E-state index is -0.205. The van der Waals surface area contributed by atoms with E-state index in [1.807, 2.05) is 19.9 Å². The minimum absolute atomic E-state index is 0.0616. The van der Waals surface area contributed by atoms with E-state index in [0.29, 0.717) is 11.3 Å². The molecule has 0 heterocycles. The van der Waals surface area contributed by atoms with Crippen LogP contribution >= 0.6 is 0 Å². The number of nitrogens with one attached hydrogen (secondary N) is 1. The van der Waals surface area contributed by atoms with Crippen molar-refractivity contribution in [3.05, 3.63) is 29.8 Å². The highest BCUT2D eigenvalue weighted by Crippen LogP contribution is 2.14. The molecule has 1 amide bonds. The molecule has 0 bridgehead atoms. The Hall–Kier alpha value is -1.55. The van der Waals surface area contributed by atoms with Crippen LogP contribution in [-0.4, -0.2) is 30.3 Å². The van der Waals surface area contributed by atoms with E-state index in [2.05, 4.69) is 5.32 Å². The second kappa shape index (κ2) is 6.12. The summed E-state index contributed by atoms with van der Waals surface area (Å²) in [5.74, 6) is 0.468. The lowest BCUT2D eigenvalue weighted by Gasteiger charge is -2.10. The van der Waals surface area contributed by atoms with Crippen LogP contribution in [0, 0.1) is 0 Å². The van der Waals surface area contributed by atoms with Crippen LogP contribution in [0.1, 0.15) is 24.2 Å². The summed E-state index contributed by atoms with van der Waals surface area (Å²) >= 11 is 0. The molecule has 0 aliphatic heterocycles. The van der Waals surface area contributed by atoms with Gasteiger partial charge in [-0.3, -0.25) is 4.79 Å². The molecule has 0 aliphatic carbocycles. The Morgan fingerprint density at radius 3 is 2.88 bits per heavy atom. The van der Waals surface area contributed by atoms with Crippen LogP contribution in [0.5, 0.6) is 5.75 Å². The fourth-order valence-corrected chi connectivity index (χ4v) is 1.25. The van der Waals surface area contributed by atoms with Crippen molar-refractivity contribution in [1.29, 1.82) is 0 Å². The monoisotopic (exact) mass is 223 g/mol. The van der Waals surface area contributed by atoms with Gasteiger partial charge in [-0.2, -0.15) is 0 Å². The molecule has 1 aromatic carbocycles. The molecule has 0 aromatic heterocycles. The minimum Gasteiger partial charge on any atom is -0.491 e. The summed E-state index contributed by atoms with van der Waals surface area (Å²) < 4.78 is 5.48. The Morgan fingerprint density at radius 1 is 1.50 bits per heavy atom. The standard InChI is InChI=1S/C12H17NO3/c1-9(2)16-11-5-3-4-10(8-11)12(15)13-6-7-14/h3-5,8-9,14H,6-7H2,1-2H3,(H,13,15). The topological polar surface area (TPSA) is 58.6 Å². The molecule has 4 heteroatoms. The van der Waals surface area contributed by atoms with Crippen LogP contribution in [-0.2, 0) is 0 Å². The van der Waals surface area contributed by atoms with Crippen molar-refractivity contribution in [3.63, 3.8) is 0 Å². The number of aliphatic hydroxyl groups is 1. The number of hydrogen-bond acceptors (Lipinski definition) is 3. The van der Waals surface area contributed by atoms with E-state index < -0.39 is 0 Å². The number of ether oxygens (including phenoxy) is 1. The average molecular weight is 223 g/mol. The Kier molecular flexibility index (Phi) is 4.79. The van der Waals surface area contributed by atoms with Gasteiger partial charge in [0.05, 0.1) is 12.7 Å². The SMILES string of the molecule is CC(C)Oc1cccc(C(=O)NCCO)c1. The molecule has 1 rings (SSSR count). The van der Waals surface area contributed by atoms with Crippen molar-refractivity contribution in [1.82, 2.24) is 5.32 Å². The molecule has 4 nitrogen and oxygen atoms in total. The number of hydrogen-bond donors (Lipinski definition) is 2. The zero-order chi connectivity index (χ0) is 12.0. The van der Waals surface area contributed by atoms with E-state index >= 15 is 0 Å². The highest BCUT2D eigenvalue weighted by atomic mass is 16.5. The predicted molar refractivity (Wildman–Crippen MR) is 61.6 cm³/mol. The average Bonchev–Trinajstić information content (AvgIpc) is 2.25. The normalized spacial score (nSPS) is 10.2. The van der Waals surface area contributed by atoms with Crippen LogP contribution in [0.2, 0.25) is 0 Å². The van der Waals surface area contributed by atoms with Crippen molar-refractivity contribution in [2.75, 3.05) is 13.2 Å². The van der Waals surface area contributed by atoms with Crippen LogP contribution in [0.15, 0.2) is 24.3 Å². The van der Waals surface area contributed by atoms with Gasteiger partial charge in [0.1, 0.15) is 5.75 Å². The maximum absolute atomic E-state index is 11.6. The molecule has 0 atom stereocenters. The van der Waals surface area contributed by atoms with Crippen LogP contribution in [0.3, 0.4) is 0 Å². The van der Waals surface area contributed by atoms with Gasteiger partial charge in [0, 0.05) is 12.1 Å². The zero-order valence-electron chi connectivity index (χ0n) is 9.56. The summed E-state index contributed by atoms with van der Waals surface area (Å²) in [7, 11) is 0. The highest BCUT2D eigenvalue weighted by Gasteiger charge is 2.06. The van der Waals surface area contributed by atoms with E-state index in [-0.39, 0.29) is 25.2 Å². The van der Waals surface area contributed by atoms with Gasteiger partial charge in [0.25, 0.3) is 5.91 Å². The Bertz CT molecular complexity index is 350. The maximum Gasteiger partial charge on any atom is 0.251 e. The molecule has 0 aliphatic rings. The first-order chi connectivity index (χ1) is 7.63. The molecule has 0 spiro atoms. The first-order valence-electron chi connectivity index (χ1n) is 5.29. The van der Waals surface area contributed by atoms with Gasteiger partial charge in [0.2, 0.25) is 0 Å². The molecule has 0 unspecified atom stereocenters. The third-order valence-corrected chi connectivity index (χ3v) is 1.87. The molecule has 0 radical (unpaired) electrons. The van der Waals surface area contributed by atoms with E-state index in [1.165, 1.54) is 0 Å². The van der Waals surface area contributed by atoms with Crippen LogP contribution in [0.4, 0.5) is 0 Å². The van der Waals surface area contributed by atoms with E-state index in [9.17, 15) is 4.79 Å². The molecule has 2 N–H and O–H groups in total. The maximum atomic E-state index is 11.6. The second-order valence-electron chi connectivity index (χ2n) is 3.67. The van der Waals surface area contributed by atoms with Crippen molar-refractivity contribution in [3.8, 4) is 5.75 Å². The van der Waals surface area contributed by atoms with Gasteiger partial charge in [-0.25, -0.2) is 0 Å². The number of benzene rings is 1. The molecule has 0 saturated carbocycles. The summed E-state index contributed by atoms with van der Waals surface area (Å²) in [4.78, 5) is 11.6. The van der Waals surface area contributed by atoms with Crippen molar-refractivity contribution >= 4 is 5.91 Å². The van der Waals surface area contributed by atoms with Gasteiger partial charge in [-0.05, 0) is 32.0 Å². The number of rotatable bonds is 5. The Balaban J connectivity index is 2.69. The summed E-state index contributed by atoms with van der Waals surface area (Å²) in [5, 5.41) is 11.2. The molecule has 16 heavy (non-hydrogen) atoms. The Morgan fingerprint density at radius 2 is 2.25 bits per heavy atom. The lowest BCUT2D eigenvalue weighted by atomic mass is 10.2. The summed E-state index contributed by atoms with van der Waals surface area (Å²) in [6, 6.07) is 6.97. The van der Waals surface area contributed by atoms with Crippen LogP contribution < -0.4 is 10.1 Å². The fourth-order valence-electron chi connectivity index (χ4n) is 1.25. The lowest BCUT2D eigenvalue weighted by molar-refractivity contribution is 0.0944. The smallest absolute Gasteiger partial charge is 0.251 e. The third kappa shape index (κ3) is 3.90. The predicted octanol–water partition coefficient (Wildman–Crippen LogP) is 1.20. The van der Waals surface area contributed by atoms with E-state index in [1.54, 1.807) is 18.2 Å². The van der Waals surface area contributed by atoms with Crippen molar-refractivity contribution in [2.24, 2.45) is 0 Å². The molecule has 0 fully saturated rings. The van der Waals surface area contributed by atoms with Gasteiger partial charge in [-0.15, -0.1) is 0 Å². The lowest BCUT2D eigenvalue weighted by Crippen LogP contribution is -2.26. The Labute approximate surface area is 95.2 Å². The molecular formula is C12H17NO3. The quantitative estimate of drug-likeness (QED) is 0.788. The molecule has 88 valence electrons. The number of carbonyl (C=O) groups is 1. The van der Waals surface area contributed by atoms with E-state index in [4.69, 9.17) is 9.84 Å². The number of carbonyl (C=O) groups excluding carboxylic acids is 1. The molecule has 0 saturated heterocycles. The van der Waals surface area contributed by atoms with Gasteiger partial charge in [0.15, 0.2) is 0 Å². The van der Waals surface area contributed by atoms with Crippen molar-refractivity contribution < 1.29 is 14.6 Å². The van der Waals surface area contributed by atoms with E-state index in [0.717, 1.165) is 0 Å². The van der Waals surface area contributed by atoms with Gasteiger partial charge >= 0.3 is 0 Å². The largest absolute Gasteiger partial charge is 0.491 e. The third-order valence-electron chi connectivity index (χ3n) is 1.87. The second-order valence-corrected chi connectivity index (χ2v) is 3.67. The number of aliphatic hydroxyl groups excluding tert-OH is 1. The zero-order valence-corrected chi connectivity index (χ0v) is 9.56. The van der Waals surface area contributed by atoms with Crippen LogP contribution in [0.25, 0.3) is 0 Å². The van der Waals surface area contributed by atoms with Gasteiger partial charge < -0.3 is 15.2 Å². The molecule has 1 aromatic rings. The summed E-state index contributed by atoms with van der Waals surface area (Å²) in [6.07, 6.45) is 0.0794. The highest BCUT2D eigenvalue weighted by molar-refractivity contribution is 5.94. The summed E-state index contributed by atoms with van der Waals surface area (Å²) in [6.45, 7) is 4.05. The first-order valence-corrected chi connectivity index (χ1v) is 5.29. The first kappa shape index (κ1) is 12.5. The van der Waals surface area contributed by atoms with Crippen molar-refractivity contribution in [2.45, 2.75) is 20.0 Å². The molecular weight excluding hydrogens is 206 g/mol.